The van der Waals surface area contributed by atoms with E-state index in [-0.39, 0.29) is 5.82 Å². The summed E-state index contributed by atoms with van der Waals surface area (Å²) >= 11 is 1.58. The molecule has 0 atom stereocenters. The van der Waals surface area contributed by atoms with Gasteiger partial charge in [0.1, 0.15) is 5.82 Å². The van der Waals surface area contributed by atoms with Gasteiger partial charge in [0.15, 0.2) is 0 Å². The number of hydrogen-bond acceptors (Lipinski definition) is 2. The van der Waals surface area contributed by atoms with Crippen LogP contribution in [-0.2, 0) is 6.54 Å². The summed E-state index contributed by atoms with van der Waals surface area (Å²) in [5.41, 5.74) is 1.88. The molecule has 0 radical (unpaired) electrons. The molecule has 21 heavy (non-hydrogen) atoms. The van der Waals surface area contributed by atoms with E-state index in [1.807, 2.05) is 29.6 Å². The summed E-state index contributed by atoms with van der Waals surface area (Å²) in [5.74, 6) is 0.791. The van der Waals surface area contributed by atoms with Crippen LogP contribution in [0.1, 0.15) is 37.7 Å². The lowest BCUT2D eigenvalue weighted by Gasteiger charge is -2.10. The Morgan fingerprint density at radius 2 is 2.05 bits per heavy atom. The summed E-state index contributed by atoms with van der Waals surface area (Å²) in [6, 6.07) is 9.38. The summed E-state index contributed by atoms with van der Waals surface area (Å²) in [4.78, 5) is 1.00. The van der Waals surface area contributed by atoms with Gasteiger partial charge in [-0.2, -0.15) is 0 Å². The van der Waals surface area contributed by atoms with Gasteiger partial charge in [0.05, 0.1) is 0 Å². The third-order valence-electron chi connectivity index (χ3n) is 4.35. The van der Waals surface area contributed by atoms with Gasteiger partial charge in [-0.25, -0.2) is 4.39 Å². The van der Waals surface area contributed by atoms with Crippen LogP contribution >= 0.6 is 11.3 Å². The molecule has 0 spiro atoms. The second-order valence-electron chi connectivity index (χ2n) is 5.91. The summed E-state index contributed by atoms with van der Waals surface area (Å²) in [7, 11) is 0. The summed E-state index contributed by atoms with van der Waals surface area (Å²) < 4.78 is 13.9. The van der Waals surface area contributed by atoms with Crippen molar-refractivity contribution in [2.75, 3.05) is 6.54 Å². The molecule has 1 aliphatic rings. The fourth-order valence-corrected chi connectivity index (χ4v) is 3.89. The minimum absolute atomic E-state index is 0.132. The van der Waals surface area contributed by atoms with Gasteiger partial charge in [0.2, 0.25) is 0 Å². The van der Waals surface area contributed by atoms with Crippen LogP contribution in [0.3, 0.4) is 0 Å². The maximum Gasteiger partial charge on any atom is 0.131 e. The monoisotopic (exact) mass is 303 g/mol. The molecule has 3 heteroatoms. The molecule has 0 amide bonds. The van der Waals surface area contributed by atoms with Crippen molar-refractivity contribution in [3.05, 3.63) is 47.1 Å². The lowest BCUT2D eigenvalue weighted by atomic mass is 10.0. The SMILES string of the molecule is Fc1ccc(CNCCC2CCCC2)cc1-c1cccs1. The second-order valence-corrected chi connectivity index (χ2v) is 6.86. The molecule has 1 aromatic carbocycles. The molecule has 1 aliphatic carbocycles. The Labute approximate surface area is 130 Å². The molecular formula is C18H22FNS. The number of benzene rings is 1. The van der Waals surface area contributed by atoms with E-state index >= 15 is 0 Å². The summed E-state index contributed by atoms with van der Waals surface area (Å²) in [6.45, 7) is 1.89. The van der Waals surface area contributed by atoms with Crippen LogP contribution < -0.4 is 5.32 Å². The van der Waals surface area contributed by atoms with Crippen molar-refractivity contribution >= 4 is 11.3 Å². The topological polar surface area (TPSA) is 12.0 Å². The fourth-order valence-electron chi connectivity index (χ4n) is 3.14. The van der Waals surface area contributed by atoms with Gasteiger partial charge < -0.3 is 5.32 Å². The molecule has 0 saturated heterocycles. The van der Waals surface area contributed by atoms with Gasteiger partial charge >= 0.3 is 0 Å². The minimum atomic E-state index is -0.132. The fraction of sp³-hybridized carbons (Fsp3) is 0.444. The predicted octanol–water partition coefficient (Wildman–Crippen LogP) is 5.22. The number of rotatable bonds is 6. The predicted molar refractivity (Wildman–Crippen MR) is 88.0 cm³/mol. The lowest BCUT2D eigenvalue weighted by Crippen LogP contribution is -2.17. The van der Waals surface area contributed by atoms with Crippen molar-refractivity contribution < 1.29 is 4.39 Å². The van der Waals surface area contributed by atoms with E-state index in [2.05, 4.69) is 5.32 Å². The molecule has 1 aromatic heterocycles. The van der Waals surface area contributed by atoms with Gasteiger partial charge in [0.25, 0.3) is 0 Å². The van der Waals surface area contributed by atoms with Crippen molar-refractivity contribution in [3.8, 4) is 10.4 Å². The normalized spacial score (nSPS) is 15.7. The first kappa shape index (κ1) is 14.7. The Bertz CT molecular complexity index is 559. The van der Waals surface area contributed by atoms with Gasteiger partial charge in [0, 0.05) is 17.0 Å². The molecule has 1 heterocycles. The average molecular weight is 303 g/mol. The van der Waals surface area contributed by atoms with E-state index in [1.54, 1.807) is 17.4 Å². The molecule has 1 fully saturated rings. The van der Waals surface area contributed by atoms with E-state index in [4.69, 9.17) is 0 Å². The standard InChI is InChI=1S/C18H22FNS/c19-17-8-7-15(12-16(17)18-6-3-11-21-18)13-20-10-9-14-4-1-2-5-14/h3,6-8,11-12,14,20H,1-2,4-5,9-10,13H2. The van der Waals surface area contributed by atoms with Gasteiger partial charge in [-0.15, -0.1) is 11.3 Å². The first-order valence-electron chi connectivity index (χ1n) is 7.86. The van der Waals surface area contributed by atoms with Crippen LogP contribution in [0, 0.1) is 11.7 Å². The molecule has 112 valence electrons. The van der Waals surface area contributed by atoms with Crippen molar-refractivity contribution in [1.29, 1.82) is 0 Å². The Morgan fingerprint density at radius 1 is 1.19 bits per heavy atom. The molecule has 1 nitrogen and oxygen atoms in total. The average Bonchev–Trinajstić information content (AvgIpc) is 3.18. The van der Waals surface area contributed by atoms with Gasteiger partial charge in [-0.3, -0.25) is 0 Å². The maximum atomic E-state index is 13.9. The first-order valence-corrected chi connectivity index (χ1v) is 8.74. The quantitative estimate of drug-likeness (QED) is 0.721. The Hall–Kier alpha value is -1.19. The van der Waals surface area contributed by atoms with Crippen molar-refractivity contribution in [3.63, 3.8) is 0 Å². The Morgan fingerprint density at radius 3 is 2.81 bits per heavy atom. The largest absolute Gasteiger partial charge is 0.313 e. The Kier molecular flexibility index (Phi) is 5.04. The summed E-state index contributed by atoms with van der Waals surface area (Å²) in [6.07, 6.45) is 6.90. The zero-order chi connectivity index (χ0) is 14.5. The van der Waals surface area contributed by atoms with Crippen LogP contribution in [0.2, 0.25) is 0 Å². The highest BCUT2D eigenvalue weighted by atomic mass is 32.1. The number of halogens is 1. The van der Waals surface area contributed by atoms with E-state index in [0.717, 1.165) is 35.0 Å². The van der Waals surface area contributed by atoms with Crippen LogP contribution in [0.15, 0.2) is 35.7 Å². The highest BCUT2D eigenvalue weighted by Gasteiger charge is 2.14. The van der Waals surface area contributed by atoms with Crippen LogP contribution in [-0.4, -0.2) is 6.54 Å². The third-order valence-corrected chi connectivity index (χ3v) is 5.25. The van der Waals surface area contributed by atoms with Crippen molar-refractivity contribution in [2.45, 2.75) is 38.6 Å². The van der Waals surface area contributed by atoms with Crippen molar-refractivity contribution in [2.24, 2.45) is 5.92 Å². The molecule has 0 unspecified atom stereocenters. The zero-order valence-electron chi connectivity index (χ0n) is 12.3. The molecule has 0 bridgehead atoms. The lowest BCUT2D eigenvalue weighted by molar-refractivity contribution is 0.477. The van der Waals surface area contributed by atoms with Crippen molar-refractivity contribution in [1.82, 2.24) is 5.32 Å². The molecule has 2 aromatic rings. The number of hydrogen-bond donors (Lipinski definition) is 1. The second kappa shape index (κ2) is 7.19. The highest BCUT2D eigenvalue weighted by Crippen LogP contribution is 2.28. The van der Waals surface area contributed by atoms with Crippen LogP contribution in [0.25, 0.3) is 10.4 Å². The smallest absolute Gasteiger partial charge is 0.131 e. The van der Waals surface area contributed by atoms with E-state index in [0.29, 0.717) is 0 Å². The van der Waals surface area contributed by atoms with Crippen LogP contribution in [0.4, 0.5) is 4.39 Å². The molecule has 3 rings (SSSR count). The number of nitrogens with one attached hydrogen (secondary N) is 1. The van der Waals surface area contributed by atoms with Gasteiger partial charge in [-0.05, 0) is 48.0 Å². The zero-order valence-corrected chi connectivity index (χ0v) is 13.1. The summed E-state index contributed by atoms with van der Waals surface area (Å²) in [5, 5.41) is 5.49. The van der Waals surface area contributed by atoms with E-state index in [9.17, 15) is 4.39 Å². The van der Waals surface area contributed by atoms with Crippen LogP contribution in [0.5, 0.6) is 0 Å². The van der Waals surface area contributed by atoms with Gasteiger partial charge in [-0.1, -0.05) is 37.8 Å². The van der Waals surface area contributed by atoms with E-state index < -0.39 is 0 Å². The molecular weight excluding hydrogens is 281 g/mol. The third kappa shape index (κ3) is 3.92. The van der Waals surface area contributed by atoms with E-state index in [1.165, 1.54) is 32.1 Å². The number of thiophene rings is 1. The molecule has 1 saturated carbocycles. The first-order chi connectivity index (χ1) is 10.3. The highest BCUT2D eigenvalue weighted by molar-refractivity contribution is 7.13. The maximum absolute atomic E-state index is 13.9. The Balaban J connectivity index is 1.54. The minimum Gasteiger partial charge on any atom is -0.313 e. The molecule has 0 aliphatic heterocycles. The molecule has 1 N–H and O–H groups in total.